The van der Waals surface area contributed by atoms with Gasteiger partial charge >= 0.3 is 11.9 Å². The number of benzene rings is 1. The molecule has 0 saturated carbocycles. The van der Waals surface area contributed by atoms with Gasteiger partial charge in [-0.05, 0) is 49.7 Å². The highest BCUT2D eigenvalue weighted by Crippen LogP contribution is 2.21. The van der Waals surface area contributed by atoms with Crippen LogP contribution in [0.4, 0.5) is 0 Å². The molecule has 2 unspecified atom stereocenters. The first-order valence-electron chi connectivity index (χ1n) is 10.5. The molecular formula is C22H28N2O6. The molecule has 2 fully saturated rings. The molecule has 0 aromatic heterocycles. The topological polar surface area (TPSA) is 115 Å². The average molecular weight is 416 g/mol. The molecule has 0 bridgehead atoms. The number of likely N-dealkylation sites (tertiary alicyclic amines) is 2. The molecule has 1 aromatic rings. The predicted octanol–water partition coefficient (Wildman–Crippen LogP) is 1.70. The first kappa shape index (κ1) is 21.8. The van der Waals surface area contributed by atoms with Gasteiger partial charge in [0.1, 0.15) is 12.1 Å². The van der Waals surface area contributed by atoms with Gasteiger partial charge in [0.25, 0.3) is 0 Å². The molecule has 0 aliphatic carbocycles. The zero-order valence-corrected chi connectivity index (χ0v) is 17.0. The molecule has 2 saturated heterocycles. The van der Waals surface area contributed by atoms with Crippen LogP contribution in [0.5, 0.6) is 0 Å². The van der Waals surface area contributed by atoms with Gasteiger partial charge in [-0.2, -0.15) is 0 Å². The van der Waals surface area contributed by atoms with E-state index in [4.69, 9.17) is 0 Å². The molecule has 30 heavy (non-hydrogen) atoms. The van der Waals surface area contributed by atoms with Crippen molar-refractivity contribution in [3.63, 3.8) is 0 Å². The van der Waals surface area contributed by atoms with Crippen molar-refractivity contribution in [2.24, 2.45) is 0 Å². The van der Waals surface area contributed by atoms with E-state index in [1.165, 1.54) is 9.80 Å². The Balaban J connectivity index is 1.46. The Hall–Kier alpha value is -2.90. The number of carboxylic acids is 2. The summed E-state index contributed by atoms with van der Waals surface area (Å²) in [6, 6.07) is 6.27. The quantitative estimate of drug-likeness (QED) is 0.667. The van der Waals surface area contributed by atoms with Crippen molar-refractivity contribution < 1.29 is 29.4 Å². The molecule has 2 aliphatic heterocycles. The molecular weight excluding hydrogens is 388 g/mol. The minimum atomic E-state index is -0.941. The van der Waals surface area contributed by atoms with Gasteiger partial charge in [-0.15, -0.1) is 0 Å². The Morgan fingerprint density at radius 2 is 1.10 bits per heavy atom. The van der Waals surface area contributed by atoms with Gasteiger partial charge < -0.3 is 20.0 Å². The van der Waals surface area contributed by atoms with E-state index >= 15 is 0 Å². The number of hydrogen-bond donors (Lipinski definition) is 2. The minimum Gasteiger partial charge on any atom is -0.480 e. The number of aliphatic carboxylic acids is 2. The monoisotopic (exact) mass is 416 g/mol. The van der Waals surface area contributed by atoms with Crippen molar-refractivity contribution in [3.05, 3.63) is 35.4 Å². The smallest absolute Gasteiger partial charge is 0.326 e. The van der Waals surface area contributed by atoms with Gasteiger partial charge in [-0.3, -0.25) is 9.59 Å². The van der Waals surface area contributed by atoms with Gasteiger partial charge in [-0.25, -0.2) is 9.59 Å². The lowest BCUT2D eigenvalue weighted by atomic mass is 10.0. The number of nitrogens with zero attached hydrogens (tertiary/aromatic N) is 2. The Bertz CT molecular complexity index is 739. The highest BCUT2D eigenvalue weighted by Gasteiger charge is 2.34. The van der Waals surface area contributed by atoms with Crippen LogP contribution in [0.1, 0.15) is 49.7 Å². The Morgan fingerprint density at radius 3 is 1.43 bits per heavy atom. The average Bonchev–Trinajstić information content (AvgIpc) is 3.40. The van der Waals surface area contributed by atoms with Crippen LogP contribution in [-0.2, 0) is 32.0 Å². The van der Waals surface area contributed by atoms with Crippen LogP contribution in [0, 0.1) is 0 Å². The maximum Gasteiger partial charge on any atom is 0.326 e. The number of amides is 2. The second-order valence-corrected chi connectivity index (χ2v) is 7.98. The summed E-state index contributed by atoms with van der Waals surface area (Å²) in [5, 5.41) is 18.4. The van der Waals surface area contributed by atoms with E-state index in [0.717, 1.165) is 24.0 Å². The third kappa shape index (κ3) is 5.17. The van der Waals surface area contributed by atoms with Crippen molar-refractivity contribution in [2.75, 3.05) is 13.1 Å². The van der Waals surface area contributed by atoms with Crippen molar-refractivity contribution in [1.29, 1.82) is 0 Å². The molecule has 8 nitrogen and oxygen atoms in total. The molecule has 2 N–H and O–H groups in total. The lowest BCUT2D eigenvalue weighted by Crippen LogP contribution is -2.40. The summed E-state index contributed by atoms with van der Waals surface area (Å²) in [5.74, 6) is -2.15. The number of carboxylic acid groups (broad SMARTS) is 2. The van der Waals surface area contributed by atoms with Crippen molar-refractivity contribution in [3.8, 4) is 0 Å². The fourth-order valence-electron chi connectivity index (χ4n) is 4.31. The lowest BCUT2D eigenvalue weighted by molar-refractivity contribution is -0.148. The molecule has 0 spiro atoms. The maximum atomic E-state index is 12.4. The van der Waals surface area contributed by atoms with Crippen molar-refractivity contribution in [2.45, 2.75) is 63.5 Å². The Morgan fingerprint density at radius 1 is 0.733 bits per heavy atom. The van der Waals surface area contributed by atoms with Crippen molar-refractivity contribution in [1.82, 2.24) is 9.80 Å². The zero-order valence-electron chi connectivity index (χ0n) is 17.0. The fraction of sp³-hybridized carbons (Fsp3) is 0.545. The minimum absolute atomic E-state index is 0.131. The van der Waals surface area contributed by atoms with Crippen LogP contribution in [0.15, 0.2) is 24.3 Å². The molecule has 2 aliphatic rings. The standard InChI is InChI=1S/C22H28N2O6/c25-19(23-13-1-3-17(23)21(27)28)11-9-15-5-7-16(8-6-15)10-12-20(26)24-14-2-4-18(24)22(29)30/h5-8,17-18H,1-4,9-14H2,(H,27,28)(H,29,30). The normalized spacial score (nSPS) is 21.1. The molecule has 0 radical (unpaired) electrons. The summed E-state index contributed by atoms with van der Waals surface area (Å²) in [5.41, 5.74) is 1.96. The van der Waals surface area contributed by atoms with Crippen LogP contribution in [0.3, 0.4) is 0 Å². The number of aryl methyl sites for hydroxylation is 2. The molecule has 1 aromatic carbocycles. The molecule has 2 atom stereocenters. The van der Waals surface area contributed by atoms with E-state index in [2.05, 4.69) is 0 Å². The highest BCUT2D eigenvalue weighted by atomic mass is 16.4. The largest absolute Gasteiger partial charge is 0.480 e. The molecule has 3 rings (SSSR count). The Kier molecular flexibility index (Phi) is 7.07. The lowest BCUT2D eigenvalue weighted by Gasteiger charge is -2.21. The van der Waals surface area contributed by atoms with Crippen LogP contribution in [0.2, 0.25) is 0 Å². The zero-order chi connectivity index (χ0) is 21.7. The first-order valence-corrected chi connectivity index (χ1v) is 10.5. The van der Waals surface area contributed by atoms with Gasteiger partial charge in [0.2, 0.25) is 11.8 Å². The molecule has 8 heteroatoms. The molecule has 2 amide bonds. The van der Waals surface area contributed by atoms with E-state index in [1.807, 2.05) is 24.3 Å². The summed E-state index contributed by atoms with van der Waals surface area (Å²) in [6.07, 6.45) is 4.09. The van der Waals surface area contributed by atoms with Gasteiger partial charge in [-0.1, -0.05) is 24.3 Å². The molecule has 2 heterocycles. The molecule has 162 valence electrons. The summed E-state index contributed by atoms with van der Waals surface area (Å²) < 4.78 is 0. The van der Waals surface area contributed by atoms with Crippen LogP contribution < -0.4 is 0 Å². The number of carbonyl (C=O) groups excluding carboxylic acids is 2. The second-order valence-electron chi connectivity index (χ2n) is 7.98. The van der Waals surface area contributed by atoms with Gasteiger partial charge in [0.05, 0.1) is 0 Å². The van der Waals surface area contributed by atoms with E-state index in [1.54, 1.807) is 0 Å². The van der Waals surface area contributed by atoms with E-state index < -0.39 is 24.0 Å². The third-order valence-corrected chi connectivity index (χ3v) is 5.99. The van der Waals surface area contributed by atoms with Crippen LogP contribution in [0.25, 0.3) is 0 Å². The highest BCUT2D eigenvalue weighted by molar-refractivity contribution is 5.85. The van der Waals surface area contributed by atoms with Gasteiger partial charge in [0, 0.05) is 25.9 Å². The van der Waals surface area contributed by atoms with Crippen LogP contribution >= 0.6 is 0 Å². The van der Waals surface area contributed by atoms with Crippen molar-refractivity contribution >= 4 is 23.8 Å². The van der Waals surface area contributed by atoms with E-state index in [-0.39, 0.29) is 24.7 Å². The number of carbonyl (C=O) groups is 4. The maximum absolute atomic E-state index is 12.4. The van der Waals surface area contributed by atoms with Crippen LogP contribution in [-0.4, -0.2) is 68.9 Å². The SMILES string of the molecule is O=C(O)C1CCCN1C(=O)CCc1ccc(CCC(=O)N2CCCC2C(=O)O)cc1. The number of rotatable bonds is 8. The van der Waals surface area contributed by atoms with Gasteiger partial charge in [0.15, 0.2) is 0 Å². The number of hydrogen-bond acceptors (Lipinski definition) is 4. The summed E-state index contributed by atoms with van der Waals surface area (Å²) >= 11 is 0. The summed E-state index contributed by atoms with van der Waals surface area (Å²) in [4.78, 5) is 50.1. The first-order chi connectivity index (χ1) is 14.4. The predicted molar refractivity (Wildman–Crippen MR) is 108 cm³/mol. The fourth-order valence-corrected chi connectivity index (χ4v) is 4.31. The summed E-state index contributed by atoms with van der Waals surface area (Å²) in [7, 11) is 0. The van der Waals surface area contributed by atoms with E-state index in [9.17, 15) is 29.4 Å². The summed E-state index contributed by atoms with van der Waals surface area (Å²) in [6.45, 7) is 1.00. The second kappa shape index (κ2) is 9.73. The Labute approximate surface area is 175 Å². The van der Waals surface area contributed by atoms with E-state index in [0.29, 0.717) is 38.8 Å². The third-order valence-electron chi connectivity index (χ3n) is 5.99.